The van der Waals surface area contributed by atoms with E-state index in [-0.39, 0.29) is 11.8 Å². The quantitative estimate of drug-likeness (QED) is 0.867. The molecule has 0 radical (unpaired) electrons. The van der Waals surface area contributed by atoms with Crippen LogP contribution in [-0.4, -0.2) is 38.1 Å². The van der Waals surface area contributed by atoms with E-state index in [4.69, 9.17) is 9.47 Å². The minimum atomic E-state index is 0.116. The van der Waals surface area contributed by atoms with E-state index in [0.29, 0.717) is 0 Å². The third kappa shape index (κ3) is 2.81. The Morgan fingerprint density at radius 1 is 1.27 bits per heavy atom. The third-order valence-electron chi connectivity index (χ3n) is 4.12. The SMILES string of the molecule is COc1ccc(OC)c([C@@H]2CCN(C(=O)c3ccsc3)C2)c1. The number of thiophene rings is 1. The molecule has 1 saturated heterocycles. The molecule has 0 saturated carbocycles. The van der Waals surface area contributed by atoms with Crippen molar-refractivity contribution in [2.75, 3.05) is 27.3 Å². The van der Waals surface area contributed by atoms with Gasteiger partial charge < -0.3 is 14.4 Å². The van der Waals surface area contributed by atoms with Gasteiger partial charge in [0.15, 0.2) is 0 Å². The van der Waals surface area contributed by atoms with Gasteiger partial charge in [-0.2, -0.15) is 11.3 Å². The lowest BCUT2D eigenvalue weighted by Gasteiger charge is -2.18. The van der Waals surface area contributed by atoms with Crippen molar-refractivity contribution in [1.82, 2.24) is 4.90 Å². The van der Waals surface area contributed by atoms with Gasteiger partial charge in [-0.15, -0.1) is 0 Å². The van der Waals surface area contributed by atoms with Gasteiger partial charge in [-0.05, 0) is 36.1 Å². The van der Waals surface area contributed by atoms with E-state index in [1.807, 2.05) is 39.9 Å². The minimum absolute atomic E-state index is 0.116. The molecule has 116 valence electrons. The summed E-state index contributed by atoms with van der Waals surface area (Å²) in [7, 11) is 3.33. The molecular formula is C17H19NO3S. The van der Waals surface area contributed by atoms with Crippen molar-refractivity contribution < 1.29 is 14.3 Å². The Balaban J connectivity index is 1.79. The Hall–Kier alpha value is -2.01. The predicted octanol–water partition coefficient (Wildman–Crippen LogP) is 3.40. The number of rotatable bonds is 4. The largest absolute Gasteiger partial charge is 0.497 e. The molecule has 0 aliphatic carbocycles. The standard InChI is InChI=1S/C17H19NO3S/c1-20-14-3-4-16(21-2)15(9-14)12-5-7-18(10-12)17(19)13-6-8-22-11-13/h3-4,6,8-9,11-12H,5,7,10H2,1-2H3/t12-/m1/s1. The van der Waals surface area contributed by atoms with E-state index in [0.717, 1.165) is 42.1 Å². The molecule has 3 rings (SSSR count). The number of carbonyl (C=O) groups is 1. The van der Waals surface area contributed by atoms with Gasteiger partial charge >= 0.3 is 0 Å². The molecule has 22 heavy (non-hydrogen) atoms. The number of amides is 1. The average molecular weight is 317 g/mol. The average Bonchev–Trinajstić information content (AvgIpc) is 3.25. The number of carbonyl (C=O) groups excluding carboxylic acids is 1. The fourth-order valence-electron chi connectivity index (χ4n) is 2.93. The van der Waals surface area contributed by atoms with E-state index >= 15 is 0 Å². The molecule has 1 fully saturated rings. The van der Waals surface area contributed by atoms with Crippen LogP contribution in [0.3, 0.4) is 0 Å². The zero-order valence-electron chi connectivity index (χ0n) is 12.7. The highest BCUT2D eigenvalue weighted by molar-refractivity contribution is 7.08. The minimum Gasteiger partial charge on any atom is -0.497 e. The Bertz CT molecular complexity index is 654. The highest BCUT2D eigenvalue weighted by Crippen LogP contribution is 2.36. The first kappa shape index (κ1) is 14.9. The summed E-state index contributed by atoms with van der Waals surface area (Å²) in [6.07, 6.45) is 0.944. The van der Waals surface area contributed by atoms with Crippen LogP contribution in [0.25, 0.3) is 0 Å². The maximum Gasteiger partial charge on any atom is 0.254 e. The van der Waals surface area contributed by atoms with Gasteiger partial charge in [0, 0.05) is 30.0 Å². The summed E-state index contributed by atoms with van der Waals surface area (Å²) in [5.41, 5.74) is 1.89. The van der Waals surface area contributed by atoms with Gasteiger partial charge in [-0.25, -0.2) is 0 Å². The second-order valence-electron chi connectivity index (χ2n) is 5.36. The zero-order chi connectivity index (χ0) is 15.5. The van der Waals surface area contributed by atoms with Gasteiger partial charge in [0.05, 0.1) is 19.8 Å². The van der Waals surface area contributed by atoms with Crippen molar-refractivity contribution >= 4 is 17.2 Å². The second kappa shape index (κ2) is 6.40. The zero-order valence-corrected chi connectivity index (χ0v) is 13.6. The van der Waals surface area contributed by atoms with Crippen molar-refractivity contribution in [3.8, 4) is 11.5 Å². The molecule has 0 bridgehead atoms. The highest BCUT2D eigenvalue weighted by Gasteiger charge is 2.30. The van der Waals surface area contributed by atoms with E-state index in [1.165, 1.54) is 0 Å². The first-order valence-electron chi connectivity index (χ1n) is 7.26. The van der Waals surface area contributed by atoms with Crippen LogP contribution >= 0.6 is 11.3 Å². The van der Waals surface area contributed by atoms with Crippen LogP contribution in [0.15, 0.2) is 35.0 Å². The summed E-state index contributed by atoms with van der Waals surface area (Å²) in [6, 6.07) is 7.72. The molecule has 5 heteroatoms. The second-order valence-corrected chi connectivity index (χ2v) is 6.14. The van der Waals surface area contributed by atoms with Gasteiger partial charge in [-0.1, -0.05) is 0 Å². The summed E-state index contributed by atoms with van der Waals surface area (Å²) in [5.74, 6) is 2.08. The van der Waals surface area contributed by atoms with Crippen molar-refractivity contribution in [3.63, 3.8) is 0 Å². The lowest BCUT2D eigenvalue weighted by molar-refractivity contribution is 0.0791. The van der Waals surface area contributed by atoms with E-state index < -0.39 is 0 Å². The third-order valence-corrected chi connectivity index (χ3v) is 4.80. The molecule has 1 aromatic carbocycles. The summed E-state index contributed by atoms with van der Waals surface area (Å²) in [5, 5.41) is 3.84. The summed E-state index contributed by atoms with van der Waals surface area (Å²) in [4.78, 5) is 14.4. The molecule has 0 spiro atoms. The van der Waals surface area contributed by atoms with Gasteiger partial charge in [0.1, 0.15) is 11.5 Å². The smallest absolute Gasteiger partial charge is 0.254 e. The molecule has 1 aliphatic rings. The summed E-state index contributed by atoms with van der Waals surface area (Å²) in [6.45, 7) is 1.50. The van der Waals surface area contributed by atoms with Crippen LogP contribution in [0.1, 0.15) is 28.3 Å². The highest BCUT2D eigenvalue weighted by atomic mass is 32.1. The van der Waals surface area contributed by atoms with Crippen molar-refractivity contribution in [2.24, 2.45) is 0 Å². The number of nitrogens with zero attached hydrogens (tertiary/aromatic N) is 1. The van der Waals surface area contributed by atoms with Crippen LogP contribution in [0.5, 0.6) is 11.5 Å². The van der Waals surface area contributed by atoms with E-state index in [1.54, 1.807) is 25.6 Å². The van der Waals surface area contributed by atoms with Crippen molar-refractivity contribution in [2.45, 2.75) is 12.3 Å². The Labute approximate surface area is 134 Å². The van der Waals surface area contributed by atoms with Crippen molar-refractivity contribution in [3.05, 3.63) is 46.2 Å². The van der Waals surface area contributed by atoms with Gasteiger partial charge in [0.25, 0.3) is 5.91 Å². The van der Waals surface area contributed by atoms with E-state index in [2.05, 4.69) is 0 Å². The van der Waals surface area contributed by atoms with Crippen LogP contribution in [-0.2, 0) is 0 Å². The number of hydrogen-bond donors (Lipinski definition) is 0. The van der Waals surface area contributed by atoms with Crippen LogP contribution in [0.4, 0.5) is 0 Å². The molecule has 2 heterocycles. The number of likely N-dealkylation sites (tertiary alicyclic amines) is 1. The number of ether oxygens (including phenoxy) is 2. The Morgan fingerprint density at radius 3 is 2.82 bits per heavy atom. The van der Waals surface area contributed by atoms with Crippen molar-refractivity contribution in [1.29, 1.82) is 0 Å². The van der Waals surface area contributed by atoms with Crippen LogP contribution in [0.2, 0.25) is 0 Å². The first-order chi connectivity index (χ1) is 10.7. The summed E-state index contributed by atoms with van der Waals surface area (Å²) < 4.78 is 10.8. The summed E-state index contributed by atoms with van der Waals surface area (Å²) >= 11 is 1.55. The molecule has 0 unspecified atom stereocenters. The van der Waals surface area contributed by atoms with Crippen LogP contribution in [0, 0.1) is 0 Å². The fraction of sp³-hybridized carbons (Fsp3) is 0.353. The van der Waals surface area contributed by atoms with Gasteiger partial charge in [0.2, 0.25) is 0 Å². The molecule has 1 atom stereocenters. The maximum atomic E-state index is 12.4. The van der Waals surface area contributed by atoms with Gasteiger partial charge in [-0.3, -0.25) is 4.79 Å². The maximum absolute atomic E-state index is 12.4. The predicted molar refractivity (Wildman–Crippen MR) is 87.1 cm³/mol. The molecule has 4 nitrogen and oxygen atoms in total. The Kier molecular flexibility index (Phi) is 4.34. The number of benzene rings is 1. The van der Waals surface area contributed by atoms with E-state index in [9.17, 15) is 4.79 Å². The normalized spacial score (nSPS) is 17.5. The first-order valence-corrected chi connectivity index (χ1v) is 8.20. The molecular weight excluding hydrogens is 298 g/mol. The monoisotopic (exact) mass is 317 g/mol. The molecule has 1 aliphatic heterocycles. The molecule has 0 N–H and O–H groups in total. The van der Waals surface area contributed by atoms with Crippen LogP contribution < -0.4 is 9.47 Å². The lowest BCUT2D eigenvalue weighted by atomic mass is 9.97. The topological polar surface area (TPSA) is 38.8 Å². The lowest BCUT2D eigenvalue weighted by Crippen LogP contribution is -2.28. The Morgan fingerprint density at radius 2 is 2.14 bits per heavy atom. The molecule has 2 aromatic rings. The molecule has 1 amide bonds. The molecule has 1 aromatic heterocycles. The number of methoxy groups -OCH3 is 2. The number of hydrogen-bond acceptors (Lipinski definition) is 4. The fourth-order valence-corrected chi connectivity index (χ4v) is 3.56.